The third kappa shape index (κ3) is 4.89. The highest BCUT2D eigenvalue weighted by atomic mass is 32.1. The number of para-hydroxylation sites is 1. The van der Waals surface area contributed by atoms with Crippen molar-refractivity contribution in [1.29, 1.82) is 0 Å². The van der Waals surface area contributed by atoms with Gasteiger partial charge in [0.15, 0.2) is 0 Å². The van der Waals surface area contributed by atoms with Gasteiger partial charge in [-0.3, -0.25) is 0 Å². The summed E-state index contributed by atoms with van der Waals surface area (Å²) < 4.78 is 0. The number of aliphatic hydroxyl groups is 1. The summed E-state index contributed by atoms with van der Waals surface area (Å²) in [6, 6.07) is 29.9. The van der Waals surface area contributed by atoms with Gasteiger partial charge in [-0.25, -0.2) is 0 Å². The molecule has 6 heteroatoms. The number of likely N-dealkylation sites (N-methyl/N-ethyl adjacent to an activating group) is 1. The van der Waals surface area contributed by atoms with E-state index in [1.165, 1.54) is 43.0 Å². The molecule has 1 aliphatic carbocycles. The number of nitrogens with zero attached hydrogens (tertiary/aromatic N) is 2. The van der Waals surface area contributed by atoms with Gasteiger partial charge >= 0.3 is 0 Å². The van der Waals surface area contributed by atoms with Crippen LogP contribution < -0.4 is 14.9 Å². The molecule has 230 valence electrons. The first-order valence-corrected chi connectivity index (χ1v) is 16.1. The lowest BCUT2D eigenvalue weighted by Crippen LogP contribution is -2.59. The zero-order valence-electron chi connectivity index (χ0n) is 24.5. The smallest absolute Gasteiger partial charge is 0.0659 e. The van der Waals surface area contributed by atoms with Gasteiger partial charge in [-0.15, -0.1) is 28.8 Å². The lowest BCUT2D eigenvalue weighted by Gasteiger charge is -2.53. The predicted molar refractivity (Wildman–Crippen MR) is 190 cm³/mol. The Morgan fingerprint density at radius 1 is 0.841 bits per heavy atom. The number of aliphatic hydroxyl groups excluding tert-OH is 1. The number of rotatable bonds is 5. The molecular weight excluding hydrogens is 581 g/mol. The molecule has 4 unspecified atom stereocenters. The molecule has 3 heterocycles. The molecule has 4 nitrogen and oxygen atoms in total. The molecule has 44 heavy (non-hydrogen) atoms. The van der Waals surface area contributed by atoms with Crippen LogP contribution in [0.15, 0.2) is 96.7 Å². The molecule has 2 aromatic heterocycles. The van der Waals surface area contributed by atoms with Crippen molar-refractivity contribution in [2.75, 3.05) is 30.9 Å². The molecule has 1 N–H and O–H groups in total. The Morgan fingerprint density at radius 3 is 2.11 bits per heavy atom. The van der Waals surface area contributed by atoms with Crippen LogP contribution in [0.4, 0.5) is 11.4 Å². The normalized spacial score (nSPS) is 22.7. The van der Waals surface area contributed by atoms with Gasteiger partial charge in [-0.05, 0) is 47.4 Å². The monoisotopic (exact) mass is 623 g/mol. The van der Waals surface area contributed by atoms with E-state index in [0.717, 1.165) is 15.5 Å². The molecule has 3 aromatic carbocycles. The summed E-state index contributed by atoms with van der Waals surface area (Å²) in [7, 11) is 6.17. The maximum atomic E-state index is 13.6. The average molecular weight is 624 g/mol. The summed E-state index contributed by atoms with van der Waals surface area (Å²) in [5, 5.41) is 27.4. The topological polar surface area (TPSA) is 49.8 Å². The van der Waals surface area contributed by atoms with Crippen LogP contribution in [0.1, 0.15) is 45.1 Å². The van der Waals surface area contributed by atoms with Gasteiger partial charge < -0.3 is 20.0 Å². The molecule has 2 aliphatic rings. The second kappa shape index (κ2) is 11.8. The van der Waals surface area contributed by atoms with Crippen molar-refractivity contribution in [2.45, 2.75) is 52.2 Å². The zero-order valence-corrected chi connectivity index (χ0v) is 26.2. The van der Waals surface area contributed by atoms with Crippen molar-refractivity contribution >= 4 is 44.8 Å². The summed E-state index contributed by atoms with van der Waals surface area (Å²) in [4.78, 5) is 8.89. The van der Waals surface area contributed by atoms with E-state index in [0.29, 0.717) is 0 Å². The fourth-order valence-electron chi connectivity index (χ4n) is 6.78. The number of fused-ring (bicyclic) bond motifs is 2. The first kappa shape index (κ1) is 32.0. The lowest BCUT2D eigenvalue weighted by molar-refractivity contribution is -0.467. The van der Waals surface area contributed by atoms with Crippen LogP contribution in [0, 0.1) is 5.92 Å². The van der Waals surface area contributed by atoms with Gasteiger partial charge in [-0.2, -0.15) is 0 Å². The minimum atomic E-state index is -0.877. The summed E-state index contributed by atoms with van der Waals surface area (Å²) in [5.74, 6) is -0.807. The van der Waals surface area contributed by atoms with Crippen molar-refractivity contribution in [3.8, 4) is 20.2 Å². The lowest BCUT2D eigenvalue weighted by atomic mass is 9.67. The summed E-state index contributed by atoms with van der Waals surface area (Å²) >= 11 is 3.46. The van der Waals surface area contributed by atoms with E-state index in [2.05, 4.69) is 124 Å². The van der Waals surface area contributed by atoms with Crippen LogP contribution in [-0.2, 0) is 5.41 Å². The summed E-state index contributed by atoms with van der Waals surface area (Å²) in [6.07, 6.45) is 0.483. The fraction of sp³-hybridized carbons (Fsp3) is 0.316. The Labute approximate surface area is 270 Å². The Morgan fingerprint density at radius 2 is 1.48 bits per heavy atom. The Hall–Kier alpha value is -3.42. The molecule has 5 aromatic rings. The molecule has 0 saturated heterocycles. The summed E-state index contributed by atoms with van der Waals surface area (Å²) in [5.41, 5.74) is 5.69. The van der Waals surface area contributed by atoms with Crippen molar-refractivity contribution in [3.63, 3.8) is 0 Å². The first-order valence-electron chi connectivity index (χ1n) is 14.5. The Balaban J connectivity index is 0.00000192. The van der Waals surface area contributed by atoms with Crippen molar-refractivity contribution in [1.82, 2.24) is 0 Å². The standard InChI is InChI=1S/C36H35N2O2S2.2CH4/c1-36(2)26-12-8-9-13-27(26)38(5)30(36)20-25-32(39)31(33(25)40)28-18-19-29(41-28)35-24-11-7-6-10-23(24)34(42-35)21-14-16-22(17-15-21)37(3)4;;/h6-20,25,31-33,39H,1-5H3;2*1H4/q-1;;. The van der Waals surface area contributed by atoms with Crippen LogP contribution in [0.25, 0.3) is 31.0 Å². The quantitative estimate of drug-likeness (QED) is 0.213. The molecule has 1 aliphatic heterocycles. The number of hydrogen-bond acceptors (Lipinski definition) is 6. The van der Waals surface area contributed by atoms with Crippen molar-refractivity contribution < 1.29 is 10.2 Å². The molecule has 0 spiro atoms. The molecule has 0 radical (unpaired) electrons. The molecule has 0 bridgehead atoms. The minimum Gasteiger partial charge on any atom is -0.851 e. The number of anilines is 2. The zero-order chi connectivity index (χ0) is 29.3. The molecule has 0 amide bonds. The highest BCUT2D eigenvalue weighted by Crippen LogP contribution is 2.52. The molecule has 1 saturated carbocycles. The SMILES string of the molecule is C.C.CN(C)c1ccc(-c2sc(-c3ccc(C4C([O-])C(C=C5N(C)c6ccccc6C5(C)C)C4O)s3)c3ccccc23)cc1. The third-order valence-corrected chi connectivity index (χ3v) is 11.9. The van der Waals surface area contributed by atoms with Crippen molar-refractivity contribution in [2.24, 2.45) is 5.92 Å². The van der Waals surface area contributed by atoms with E-state index >= 15 is 0 Å². The maximum absolute atomic E-state index is 13.6. The largest absolute Gasteiger partial charge is 0.851 e. The van der Waals surface area contributed by atoms with Crippen LogP contribution in [0.5, 0.6) is 0 Å². The van der Waals surface area contributed by atoms with Gasteiger partial charge in [0.1, 0.15) is 0 Å². The van der Waals surface area contributed by atoms with Gasteiger partial charge in [0.25, 0.3) is 0 Å². The van der Waals surface area contributed by atoms with E-state index in [9.17, 15) is 10.2 Å². The van der Waals surface area contributed by atoms with Crippen molar-refractivity contribution in [3.05, 3.63) is 107 Å². The van der Waals surface area contributed by atoms with Gasteiger partial charge in [0.05, 0.1) is 11.0 Å². The van der Waals surface area contributed by atoms with Crippen LogP contribution in [0.3, 0.4) is 0 Å². The minimum absolute atomic E-state index is 0. The van der Waals surface area contributed by atoms with Gasteiger partial charge in [-0.1, -0.05) is 89.4 Å². The molecular formula is C38H43N2O2S2-. The average Bonchev–Trinajstić information content (AvgIpc) is 3.66. The highest BCUT2D eigenvalue weighted by Gasteiger charge is 2.46. The molecule has 1 fully saturated rings. The molecule has 7 rings (SSSR count). The predicted octanol–water partition coefficient (Wildman–Crippen LogP) is 8.75. The third-order valence-electron chi connectivity index (χ3n) is 9.23. The number of benzene rings is 3. The van der Waals surface area contributed by atoms with Gasteiger partial charge in [0, 0.05) is 75.0 Å². The number of thiophene rings is 2. The van der Waals surface area contributed by atoms with E-state index in [-0.39, 0.29) is 20.3 Å². The summed E-state index contributed by atoms with van der Waals surface area (Å²) in [6.45, 7) is 4.40. The van der Waals surface area contributed by atoms with Gasteiger partial charge in [0.2, 0.25) is 0 Å². The van der Waals surface area contributed by atoms with E-state index in [4.69, 9.17) is 0 Å². The second-order valence-corrected chi connectivity index (χ2v) is 14.4. The Bertz CT molecular complexity index is 1800. The Kier molecular flexibility index (Phi) is 8.60. The number of hydrogen-bond donors (Lipinski definition) is 1. The van der Waals surface area contributed by atoms with Crippen LogP contribution >= 0.6 is 22.7 Å². The molecule has 4 atom stereocenters. The fourth-order valence-corrected chi connectivity index (χ4v) is 9.37. The first-order chi connectivity index (χ1) is 20.2. The second-order valence-electron chi connectivity index (χ2n) is 12.3. The van der Waals surface area contributed by atoms with Crippen LogP contribution in [0.2, 0.25) is 0 Å². The van der Waals surface area contributed by atoms with E-state index in [1.54, 1.807) is 22.7 Å². The van der Waals surface area contributed by atoms with Crippen LogP contribution in [-0.4, -0.2) is 38.5 Å². The van der Waals surface area contributed by atoms with E-state index < -0.39 is 24.0 Å². The maximum Gasteiger partial charge on any atom is 0.0659 e. The number of allylic oxidation sites excluding steroid dienone is 1. The highest BCUT2D eigenvalue weighted by molar-refractivity contribution is 7.25. The van der Waals surface area contributed by atoms with E-state index in [1.807, 2.05) is 12.1 Å².